The summed E-state index contributed by atoms with van der Waals surface area (Å²) >= 11 is 0. The summed E-state index contributed by atoms with van der Waals surface area (Å²) in [4.78, 5) is 24.2. The summed E-state index contributed by atoms with van der Waals surface area (Å²) in [5.74, 6) is -0.639. The minimum absolute atomic E-state index is 0.0881. The topological polar surface area (TPSA) is 72.8 Å². The number of aliphatic hydroxyl groups is 1. The van der Waals surface area contributed by atoms with E-state index in [1.54, 1.807) is 0 Å². The highest BCUT2D eigenvalue weighted by atomic mass is 16.6. The summed E-state index contributed by atoms with van der Waals surface area (Å²) in [5, 5.41) is 9.55. The van der Waals surface area contributed by atoms with Crippen molar-refractivity contribution in [3.8, 4) is 0 Å². The Hall–Kier alpha value is -2.66. The van der Waals surface area contributed by atoms with Gasteiger partial charge in [0, 0.05) is 12.8 Å². The van der Waals surface area contributed by atoms with Crippen LogP contribution in [0.15, 0.2) is 72.9 Å². The molecule has 48 heavy (non-hydrogen) atoms. The molecule has 5 nitrogen and oxygen atoms in total. The van der Waals surface area contributed by atoms with Crippen LogP contribution in [0.1, 0.15) is 168 Å². The van der Waals surface area contributed by atoms with Crippen LogP contribution in [0.25, 0.3) is 0 Å². The van der Waals surface area contributed by atoms with Crippen LogP contribution in [0, 0.1) is 0 Å². The van der Waals surface area contributed by atoms with E-state index in [0.29, 0.717) is 12.8 Å². The number of carbonyl (C=O) groups excluding carboxylic acids is 2. The molecule has 0 saturated heterocycles. The number of aliphatic hydroxyl groups excluding tert-OH is 1. The first-order valence-corrected chi connectivity index (χ1v) is 19.5. The van der Waals surface area contributed by atoms with Gasteiger partial charge in [-0.05, 0) is 83.5 Å². The van der Waals surface area contributed by atoms with E-state index in [9.17, 15) is 14.7 Å². The molecule has 5 heteroatoms. The molecular formula is C43H72O5. The molecule has 274 valence electrons. The van der Waals surface area contributed by atoms with Crippen LogP contribution in [0.2, 0.25) is 0 Å². The highest BCUT2D eigenvalue weighted by molar-refractivity contribution is 5.70. The maximum atomic E-state index is 12.2. The van der Waals surface area contributed by atoms with E-state index < -0.39 is 6.10 Å². The lowest BCUT2D eigenvalue weighted by Gasteiger charge is -2.15. The van der Waals surface area contributed by atoms with Gasteiger partial charge in [-0.2, -0.15) is 0 Å². The van der Waals surface area contributed by atoms with E-state index in [0.717, 1.165) is 77.0 Å². The Bertz CT molecular complexity index is 895. The molecule has 0 aromatic rings. The monoisotopic (exact) mass is 669 g/mol. The molecule has 1 N–H and O–H groups in total. The van der Waals surface area contributed by atoms with E-state index in [1.165, 1.54) is 64.2 Å². The highest BCUT2D eigenvalue weighted by Crippen LogP contribution is 2.12. The van der Waals surface area contributed by atoms with Crippen molar-refractivity contribution in [1.82, 2.24) is 0 Å². The number of carbonyl (C=O) groups is 2. The van der Waals surface area contributed by atoms with Gasteiger partial charge in [0.25, 0.3) is 0 Å². The molecule has 0 heterocycles. The molecule has 0 aliphatic carbocycles. The van der Waals surface area contributed by atoms with E-state index >= 15 is 0 Å². The highest BCUT2D eigenvalue weighted by Gasteiger charge is 2.16. The number of hydrogen-bond acceptors (Lipinski definition) is 5. The molecule has 0 rings (SSSR count). The zero-order chi connectivity index (χ0) is 35.0. The Kier molecular flexibility index (Phi) is 36.6. The second kappa shape index (κ2) is 38.8. The Morgan fingerprint density at radius 2 is 0.896 bits per heavy atom. The number of esters is 2. The standard InChI is InChI=1S/C43H72O5/c1-3-5-7-9-11-13-15-17-19-20-21-22-24-25-27-29-31-33-35-37-42(45)47-40-41(39-44)48-43(46)38-36-34-32-30-28-26-23-18-16-14-12-10-8-6-4-2/h5,7,11,13-14,16-17,19,21-22,25,27,41,44H,3-4,6,8-10,12,15,18,20,23-24,26,28-40H2,1-2H3/t41-/m0/s1. The normalized spacial score (nSPS) is 13.0. The smallest absolute Gasteiger partial charge is 0.306 e. The van der Waals surface area contributed by atoms with Crippen LogP contribution in [0.5, 0.6) is 0 Å². The lowest BCUT2D eigenvalue weighted by Crippen LogP contribution is -2.28. The van der Waals surface area contributed by atoms with Gasteiger partial charge in [0.1, 0.15) is 6.61 Å². The van der Waals surface area contributed by atoms with E-state index in [1.807, 2.05) is 0 Å². The van der Waals surface area contributed by atoms with Gasteiger partial charge in [-0.15, -0.1) is 0 Å². The molecule has 0 aliphatic heterocycles. The zero-order valence-electron chi connectivity index (χ0n) is 31.0. The van der Waals surface area contributed by atoms with Gasteiger partial charge >= 0.3 is 11.9 Å². The molecule has 1 atom stereocenters. The maximum absolute atomic E-state index is 12.2. The van der Waals surface area contributed by atoms with E-state index in [-0.39, 0.29) is 25.2 Å². The molecular weight excluding hydrogens is 596 g/mol. The predicted molar refractivity (Wildman–Crippen MR) is 205 cm³/mol. The van der Waals surface area contributed by atoms with Gasteiger partial charge in [-0.3, -0.25) is 9.59 Å². The van der Waals surface area contributed by atoms with Crippen LogP contribution in [-0.4, -0.2) is 36.4 Å². The van der Waals surface area contributed by atoms with Crippen LogP contribution in [-0.2, 0) is 19.1 Å². The van der Waals surface area contributed by atoms with Crippen LogP contribution < -0.4 is 0 Å². The average Bonchev–Trinajstić information content (AvgIpc) is 3.09. The van der Waals surface area contributed by atoms with Crippen molar-refractivity contribution in [2.45, 2.75) is 174 Å². The van der Waals surface area contributed by atoms with Crippen molar-refractivity contribution < 1.29 is 24.2 Å². The third-order valence-electron chi connectivity index (χ3n) is 7.98. The zero-order valence-corrected chi connectivity index (χ0v) is 31.0. The molecule has 0 aromatic carbocycles. The Labute approximate surface area is 295 Å². The first-order valence-electron chi connectivity index (χ1n) is 19.5. The summed E-state index contributed by atoms with van der Waals surface area (Å²) in [7, 11) is 0. The van der Waals surface area contributed by atoms with Crippen LogP contribution >= 0.6 is 0 Å². The quantitative estimate of drug-likeness (QED) is 0.0420. The van der Waals surface area contributed by atoms with E-state index in [4.69, 9.17) is 9.47 Å². The lowest BCUT2D eigenvalue weighted by atomic mass is 10.1. The SMILES string of the molecule is CCC=CCC=CCC=CCC=CCC=CCCCCCC(=O)OC[C@H](CO)OC(=O)CCCCCCCCCC=CCCCCCC. The molecule has 0 aromatic heterocycles. The third-order valence-corrected chi connectivity index (χ3v) is 7.98. The lowest BCUT2D eigenvalue weighted by molar-refractivity contribution is -0.161. The molecule has 0 aliphatic rings. The molecule has 0 amide bonds. The van der Waals surface area contributed by atoms with Gasteiger partial charge in [-0.1, -0.05) is 145 Å². The van der Waals surface area contributed by atoms with Gasteiger partial charge in [-0.25, -0.2) is 0 Å². The van der Waals surface area contributed by atoms with Gasteiger partial charge in [0.15, 0.2) is 6.10 Å². The van der Waals surface area contributed by atoms with Crippen molar-refractivity contribution >= 4 is 11.9 Å². The molecule has 0 unspecified atom stereocenters. The van der Waals surface area contributed by atoms with Crippen molar-refractivity contribution in [3.63, 3.8) is 0 Å². The van der Waals surface area contributed by atoms with Crippen molar-refractivity contribution in [3.05, 3.63) is 72.9 Å². The third kappa shape index (κ3) is 36.2. The Balaban J connectivity index is 3.66. The van der Waals surface area contributed by atoms with Crippen LogP contribution in [0.3, 0.4) is 0 Å². The van der Waals surface area contributed by atoms with Crippen molar-refractivity contribution in [2.24, 2.45) is 0 Å². The Morgan fingerprint density at radius 1 is 0.500 bits per heavy atom. The fourth-order valence-electron chi connectivity index (χ4n) is 5.04. The van der Waals surface area contributed by atoms with Crippen molar-refractivity contribution in [1.29, 1.82) is 0 Å². The molecule has 0 fully saturated rings. The minimum Gasteiger partial charge on any atom is -0.462 e. The van der Waals surface area contributed by atoms with Crippen LogP contribution in [0.4, 0.5) is 0 Å². The predicted octanol–water partition coefficient (Wildman–Crippen LogP) is 12.2. The fraction of sp³-hybridized carbons (Fsp3) is 0.674. The van der Waals surface area contributed by atoms with Gasteiger partial charge in [0.2, 0.25) is 0 Å². The number of allylic oxidation sites excluding steroid dienone is 12. The van der Waals surface area contributed by atoms with Gasteiger partial charge in [0.05, 0.1) is 6.61 Å². The number of ether oxygens (including phenoxy) is 2. The summed E-state index contributed by atoms with van der Waals surface area (Å²) < 4.78 is 10.6. The number of unbranched alkanes of at least 4 members (excludes halogenated alkanes) is 14. The molecule has 0 bridgehead atoms. The fourth-order valence-corrected chi connectivity index (χ4v) is 5.04. The largest absolute Gasteiger partial charge is 0.462 e. The second-order valence-electron chi connectivity index (χ2n) is 12.6. The first kappa shape index (κ1) is 45.3. The number of rotatable bonds is 34. The summed E-state index contributed by atoms with van der Waals surface area (Å²) in [6.07, 6.45) is 51.0. The first-order chi connectivity index (χ1) is 23.6. The van der Waals surface area contributed by atoms with Crippen molar-refractivity contribution in [2.75, 3.05) is 13.2 Å². The summed E-state index contributed by atoms with van der Waals surface area (Å²) in [6.45, 7) is 3.96. The molecule has 0 saturated carbocycles. The summed E-state index contributed by atoms with van der Waals surface area (Å²) in [5.41, 5.74) is 0. The second-order valence-corrected chi connectivity index (χ2v) is 12.6. The summed E-state index contributed by atoms with van der Waals surface area (Å²) in [6, 6.07) is 0. The average molecular weight is 669 g/mol. The molecule has 0 radical (unpaired) electrons. The Morgan fingerprint density at radius 3 is 1.40 bits per heavy atom. The van der Waals surface area contributed by atoms with E-state index in [2.05, 4.69) is 86.8 Å². The van der Waals surface area contributed by atoms with Gasteiger partial charge < -0.3 is 14.6 Å². The minimum atomic E-state index is -0.790. The maximum Gasteiger partial charge on any atom is 0.306 e. The number of hydrogen-bond donors (Lipinski definition) is 1. The molecule has 0 spiro atoms.